The van der Waals surface area contributed by atoms with E-state index in [1.807, 2.05) is 4.90 Å². The molecule has 1 fully saturated rings. The molecule has 8 heteroatoms. The van der Waals surface area contributed by atoms with Gasteiger partial charge >= 0.3 is 0 Å². The van der Waals surface area contributed by atoms with Gasteiger partial charge in [-0.05, 0) is 12.0 Å². The predicted octanol–water partition coefficient (Wildman–Crippen LogP) is 0.336. The largest absolute Gasteiger partial charge is 0.356 e. The second-order valence-corrected chi connectivity index (χ2v) is 6.44. The first-order valence-corrected chi connectivity index (χ1v) is 8.84. The monoisotopic (exact) mass is 347 g/mol. The number of carbonyl (C=O) groups is 1. The van der Waals surface area contributed by atoms with E-state index in [1.165, 1.54) is 0 Å². The summed E-state index contributed by atoms with van der Waals surface area (Å²) in [6.07, 6.45) is 3.95. The van der Waals surface area contributed by atoms with E-state index in [2.05, 4.69) is 44.3 Å². The van der Waals surface area contributed by atoms with Gasteiger partial charge in [0.05, 0.1) is 0 Å². The predicted molar refractivity (Wildman–Crippen MR) is 99.6 cm³/mol. The first-order chi connectivity index (χ1) is 12.1. The average Bonchev–Trinajstić information content (AvgIpc) is 2.65. The molecular formula is C17H29N7O. The number of anilines is 1. The van der Waals surface area contributed by atoms with E-state index in [-0.39, 0.29) is 5.91 Å². The summed E-state index contributed by atoms with van der Waals surface area (Å²) < 4.78 is 0. The number of piperazine rings is 1. The number of hydrogen-bond donors (Lipinski definition) is 2. The Bertz CT molecular complexity index is 553. The Kier molecular flexibility index (Phi) is 7.43. The van der Waals surface area contributed by atoms with Gasteiger partial charge in [0.2, 0.25) is 11.9 Å². The highest BCUT2D eigenvalue weighted by atomic mass is 16.2. The molecule has 0 saturated carbocycles. The maximum absolute atomic E-state index is 12.4. The molecule has 1 saturated heterocycles. The number of guanidine groups is 1. The standard InChI is InChI=1S/C17H29N7O/c1-14(2)13-22-16(18-3)19-8-5-15(25)23-9-11-24(12-10-23)17-20-6-4-7-21-17/h4,6-7,14H,5,8-13H2,1-3H3,(H2,18,19,22). The smallest absolute Gasteiger partial charge is 0.225 e. The number of hydrogen-bond acceptors (Lipinski definition) is 5. The van der Waals surface area contributed by atoms with Crippen molar-refractivity contribution in [3.8, 4) is 0 Å². The third-order valence-corrected chi connectivity index (χ3v) is 4.00. The van der Waals surface area contributed by atoms with Gasteiger partial charge in [-0.15, -0.1) is 0 Å². The van der Waals surface area contributed by atoms with Crippen LogP contribution >= 0.6 is 0 Å². The molecule has 0 aliphatic carbocycles. The van der Waals surface area contributed by atoms with Crippen molar-refractivity contribution in [2.75, 3.05) is 51.2 Å². The number of rotatable bonds is 6. The average molecular weight is 347 g/mol. The number of nitrogens with zero attached hydrogens (tertiary/aromatic N) is 5. The normalized spacial score (nSPS) is 15.4. The fourth-order valence-electron chi connectivity index (χ4n) is 2.58. The van der Waals surface area contributed by atoms with Crippen molar-refractivity contribution < 1.29 is 4.79 Å². The third kappa shape index (κ3) is 6.21. The summed E-state index contributed by atoms with van der Waals surface area (Å²) in [4.78, 5) is 29.1. The number of nitrogens with one attached hydrogen (secondary N) is 2. The summed E-state index contributed by atoms with van der Waals surface area (Å²) in [5, 5.41) is 6.43. The Balaban J connectivity index is 1.68. The molecule has 1 aliphatic heterocycles. The number of aliphatic imine (C=N–C) groups is 1. The molecule has 0 radical (unpaired) electrons. The molecule has 1 amide bonds. The quantitative estimate of drug-likeness (QED) is 0.570. The van der Waals surface area contributed by atoms with Crippen LogP contribution in [0.2, 0.25) is 0 Å². The highest BCUT2D eigenvalue weighted by molar-refractivity contribution is 5.81. The van der Waals surface area contributed by atoms with Gasteiger partial charge < -0.3 is 20.4 Å². The molecule has 0 aromatic carbocycles. The van der Waals surface area contributed by atoms with Gasteiger partial charge in [-0.1, -0.05) is 13.8 Å². The van der Waals surface area contributed by atoms with Crippen LogP contribution in [-0.4, -0.2) is 73.1 Å². The van der Waals surface area contributed by atoms with Crippen LogP contribution in [0.4, 0.5) is 5.95 Å². The summed E-state index contributed by atoms with van der Waals surface area (Å²) in [5.74, 6) is 2.19. The molecule has 0 atom stereocenters. The first-order valence-electron chi connectivity index (χ1n) is 8.84. The molecule has 2 N–H and O–H groups in total. The second kappa shape index (κ2) is 9.80. The molecule has 2 rings (SSSR count). The maximum Gasteiger partial charge on any atom is 0.225 e. The topological polar surface area (TPSA) is 85.8 Å². The van der Waals surface area contributed by atoms with E-state index in [9.17, 15) is 4.79 Å². The van der Waals surface area contributed by atoms with Crippen molar-refractivity contribution in [3.63, 3.8) is 0 Å². The maximum atomic E-state index is 12.4. The zero-order valence-electron chi connectivity index (χ0n) is 15.4. The third-order valence-electron chi connectivity index (χ3n) is 4.00. The van der Waals surface area contributed by atoms with Gasteiger partial charge in [-0.3, -0.25) is 9.79 Å². The van der Waals surface area contributed by atoms with E-state index < -0.39 is 0 Å². The molecule has 2 heterocycles. The number of aromatic nitrogens is 2. The fourth-order valence-corrected chi connectivity index (χ4v) is 2.58. The molecule has 8 nitrogen and oxygen atoms in total. The van der Waals surface area contributed by atoms with Crippen molar-refractivity contribution in [2.24, 2.45) is 10.9 Å². The lowest BCUT2D eigenvalue weighted by Gasteiger charge is -2.34. The first kappa shape index (κ1) is 19.0. The summed E-state index contributed by atoms with van der Waals surface area (Å²) in [6, 6.07) is 1.81. The summed E-state index contributed by atoms with van der Waals surface area (Å²) in [5.41, 5.74) is 0. The van der Waals surface area contributed by atoms with E-state index in [0.717, 1.165) is 31.5 Å². The van der Waals surface area contributed by atoms with Crippen LogP contribution in [0, 0.1) is 5.92 Å². The molecule has 138 valence electrons. The summed E-state index contributed by atoms with van der Waals surface area (Å²) in [7, 11) is 1.74. The van der Waals surface area contributed by atoms with Crippen LogP contribution in [0.25, 0.3) is 0 Å². The molecule has 0 spiro atoms. The van der Waals surface area contributed by atoms with Crippen LogP contribution in [0.5, 0.6) is 0 Å². The van der Waals surface area contributed by atoms with Gasteiger partial charge in [-0.25, -0.2) is 9.97 Å². The minimum atomic E-state index is 0.167. The summed E-state index contributed by atoms with van der Waals surface area (Å²) in [6.45, 7) is 8.67. The Hall–Kier alpha value is -2.38. The van der Waals surface area contributed by atoms with Gasteiger partial charge in [-0.2, -0.15) is 0 Å². The van der Waals surface area contributed by atoms with E-state index in [1.54, 1.807) is 25.5 Å². The van der Waals surface area contributed by atoms with Crippen molar-refractivity contribution in [1.82, 2.24) is 25.5 Å². The Morgan fingerprint density at radius 3 is 2.48 bits per heavy atom. The minimum absolute atomic E-state index is 0.167. The molecule has 25 heavy (non-hydrogen) atoms. The van der Waals surface area contributed by atoms with Crippen molar-refractivity contribution in [2.45, 2.75) is 20.3 Å². The minimum Gasteiger partial charge on any atom is -0.356 e. The molecule has 1 aliphatic rings. The molecule has 1 aromatic heterocycles. The summed E-state index contributed by atoms with van der Waals surface area (Å²) >= 11 is 0. The van der Waals surface area contributed by atoms with E-state index >= 15 is 0 Å². The molecular weight excluding hydrogens is 318 g/mol. The van der Waals surface area contributed by atoms with Crippen LogP contribution < -0.4 is 15.5 Å². The zero-order chi connectivity index (χ0) is 18.1. The van der Waals surface area contributed by atoms with Crippen molar-refractivity contribution >= 4 is 17.8 Å². The SMILES string of the molecule is CN=C(NCCC(=O)N1CCN(c2ncccn2)CC1)NCC(C)C. The number of amides is 1. The lowest BCUT2D eigenvalue weighted by atomic mass is 10.2. The van der Waals surface area contributed by atoms with E-state index in [0.29, 0.717) is 32.0 Å². The van der Waals surface area contributed by atoms with Gasteiger partial charge in [0.1, 0.15) is 0 Å². The highest BCUT2D eigenvalue weighted by Crippen LogP contribution is 2.10. The molecule has 1 aromatic rings. The zero-order valence-corrected chi connectivity index (χ0v) is 15.4. The number of carbonyl (C=O) groups excluding carboxylic acids is 1. The van der Waals surface area contributed by atoms with Crippen LogP contribution in [0.1, 0.15) is 20.3 Å². The Labute approximate surface area is 149 Å². The lowest BCUT2D eigenvalue weighted by Crippen LogP contribution is -2.50. The molecule has 0 bridgehead atoms. The highest BCUT2D eigenvalue weighted by Gasteiger charge is 2.22. The fraction of sp³-hybridized carbons (Fsp3) is 0.647. The lowest BCUT2D eigenvalue weighted by molar-refractivity contribution is -0.131. The van der Waals surface area contributed by atoms with Crippen LogP contribution in [-0.2, 0) is 4.79 Å². The van der Waals surface area contributed by atoms with Gasteiger partial charge in [0, 0.05) is 65.1 Å². The van der Waals surface area contributed by atoms with Crippen LogP contribution in [0.3, 0.4) is 0 Å². The van der Waals surface area contributed by atoms with Gasteiger partial charge in [0.25, 0.3) is 0 Å². The molecule has 0 unspecified atom stereocenters. The Morgan fingerprint density at radius 1 is 1.20 bits per heavy atom. The van der Waals surface area contributed by atoms with Crippen molar-refractivity contribution in [3.05, 3.63) is 18.5 Å². The van der Waals surface area contributed by atoms with E-state index in [4.69, 9.17) is 0 Å². The van der Waals surface area contributed by atoms with Crippen molar-refractivity contribution in [1.29, 1.82) is 0 Å². The van der Waals surface area contributed by atoms with Gasteiger partial charge in [0.15, 0.2) is 5.96 Å². The Morgan fingerprint density at radius 2 is 1.88 bits per heavy atom. The van der Waals surface area contributed by atoms with Crippen LogP contribution in [0.15, 0.2) is 23.5 Å². The second-order valence-electron chi connectivity index (χ2n) is 6.44.